The van der Waals surface area contributed by atoms with E-state index in [1.165, 1.54) is 30.8 Å². The van der Waals surface area contributed by atoms with Crippen LogP contribution in [0, 0.1) is 19.7 Å². The van der Waals surface area contributed by atoms with Crippen molar-refractivity contribution in [3.8, 4) is 11.5 Å². The second-order valence-corrected chi connectivity index (χ2v) is 10.7. The minimum atomic E-state index is -3.81. The summed E-state index contributed by atoms with van der Waals surface area (Å²) in [6, 6.07) is 9.31. The van der Waals surface area contributed by atoms with Gasteiger partial charge in [0.1, 0.15) is 22.9 Å². The van der Waals surface area contributed by atoms with Crippen molar-refractivity contribution in [1.82, 2.24) is 14.6 Å². The summed E-state index contributed by atoms with van der Waals surface area (Å²) >= 11 is 0. The number of nitrogens with zero attached hydrogens (tertiary/aromatic N) is 1. The van der Waals surface area contributed by atoms with E-state index in [4.69, 9.17) is 4.74 Å². The van der Waals surface area contributed by atoms with Crippen LogP contribution in [-0.2, 0) is 23.7 Å². The zero-order chi connectivity index (χ0) is 28.5. The first kappa shape index (κ1) is 27.9. The molecule has 0 unspecified atom stereocenters. The van der Waals surface area contributed by atoms with Crippen LogP contribution < -0.4 is 30.4 Å². The average molecular weight is 556 g/mol. The number of carbonyl (C=O) groups is 1. The predicted molar refractivity (Wildman–Crippen MR) is 149 cm³/mol. The number of aromatic nitrogens is 1. The van der Waals surface area contributed by atoms with Crippen LogP contribution in [0.3, 0.4) is 0 Å². The minimum Gasteiger partial charge on any atom is -0.456 e. The molecule has 0 aliphatic heterocycles. The normalized spacial score (nSPS) is 12.5. The van der Waals surface area contributed by atoms with Crippen molar-refractivity contribution in [3.63, 3.8) is 0 Å². The van der Waals surface area contributed by atoms with Gasteiger partial charge in [-0.15, -0.1) is 0 Å². The molecule has 1 aliphatic carbocycles. The third kappa shape index (κ3) is 5.96. The lowest BCUT2D eigenvalue weighted by molar-refractivity contribution is 0.0965. The molecule has 0 atom stereocenters. The highest BCUT2D eigenvalue weighted by molar-refractivity contribution is 7.90. The standard InChI is InChI=1S/C27H30FN5O5S/c1-6-18-24(38-22-9-7-8-20(16(22)3)32-39(36,37)29-4)23(26(34)30-17-11-12-17)25(33(5)27(18)35)31-21-13-10-15(2)14-19(21)28/h7-11,13-14,29,31-32H,6,12H2,1-5H3,(H,30,34). The van der Waals surface area contributed by atoms with Crippen molar-refractivity contribution < 1.29 is 22.3 Å². The molecule has 0 radical (unpaired) electrons. The summed E-state index contributed by atoms with van der Waals surface area (Å²) in [5, 5.41) is 5.72. The van der Waals surface area contributed by atoms with Crippen LogP contribution in [-0.4, -0.2) is 25.9 Å². The summed E-state index contributed by atoms with van der Waals surface area (Å²) < 4.78 is 51.1. The van der Waals surface area contributed by atoms with E-state index in [9.17, 15) is 22.4 Å². The number of rotatable bonds is 10. The van der Waals surface area contributed by atoms with Gasteiger partial charge in [-0.3, -0.25) is 18.9 Å². The van der Waals surface area contributed by atoms with Crippen LogP contribution in [0.15, 0.2) is 53.0 Å². The molecule has 1 heterocycles. The minimum absolute atomic E-state index is 0.00216. The molecule has 4 N–H and O–H groups in total. The van der Waals surface area contributed by atoms with E-state index in [1.807, 2.05) is 6.08 Å². The Hall–Kier alpha value is -4.16. The maximum Gasteiger partial charge on any atom is 0.298 e. The Morgan fingerprint density at radius 3 is 2.49 bits per heavy atom. The van der Waals surface area contributed by atoms with Crippen LogP contribution in [0.4, 0.5) is 21.6 Å². The van der Waals surface area contributed by atoms with Crippen molar-refractivity contribution in [3.05, 3.63) is 86.6 Å². The number of nitrogens with one attached hydrogen (secondary N) is 4. The number of anilines is 3. The highest BCUT2D eigenvalue weighted by Gasteiger charge is 2.29. The molecule has 206 valence electrons. The average Bonchev–Trinajstić information content (AvgIpc) is 3.70. The van der Waals surface area contributed by atoms with Gasteiger partial charge in [-0.05, 0) is 50.1 Å². The van der Waals surface area contributed by atoms with Gasteiger partial charge in [-0.1, -0.05) is 25.1 Å². The Kier molecular flexibility index (Phi) is 7.79. The Bertz CT molecular complexity index is 1660. The van der Waals surface area contributed by atoms with Gasteiger partial charge in [0.25, 0.3) is 21.7 Å². The lowest BCUT2D eigenvalue weighted by Gasteiger charge is -2.22. The Labute approximate surface area is 226 Å². The summed E-state index contributed by atoms with van der Waals surface area (Å²) in [5.41, 5.74) is 1.96. The molecule has 12 heteroatoms. The molecule has 2 aromatic carbocycles. The molecule has 0 saturated carbocycles. The number of allylic oxidation sites excluding steroid dienone is 2. The van der Waals surface area contributed by atoms with E-state index in [0.29, 0.717) is 23.2 Å². The molecule has 0 spiro atoms. The largest absolute Gasteiger partial charge is 0.456 e. The lowest BCUT2D eigenvalue weighted by atomic mass is 10.1. The molecule has 0 fully saturated rings. The number of aryl methyl sites for hydroxylation is 1. The number of amides is 1. The molecular weight excluding hydrogens is 525 g/mol. The maximum absolute atomic E-state index is 14.8. The van der Waals surface area contributed by atoms with Gasteiger partial charge in [0, 0.05) is 31.8 Å². The Morgan fingerprint density at radius 1 is 1.15 bits per heavy atom. The summed E-state index contributed by atoms with van der Waals surface area (Å²) in [4.78, 5) is 27.0. The number of carbonyl (C=O) groups excluding carboxylic acids is 1. The summed E-state index contributed by atoms with van der Waals surface area (Å²) in [6.07, 6.45) is 2.68. The van der Waals surface area contributed by atoms with Crippen LogP contribution in [0.2, 0.25) is 0 Å². The Balaban J connectivity index is 1.91. The maximum atomic E-state index is 14.8. The quantitative estimate of drug-likeness (QED) is 0.298. The molecule has 39 heavy (non-hydrogen) atoms. The van der Waals surface area contributed by atoms with E-state index in [1.54, 1.807) is 45.0 Å². The van der Waals surface area contributed by atoms with Gasteiger partial charge in [-0.2, -0.15) is 8.42 Å². The highest BCUT2D eigenvalue weighted by atomic mass is 32.2. The van der Waals surface area contributed by atoms with Crippen LogP contribution in [0.5, 0.6) is 11.5 Å². The first-order chi connectivity index (χ1) is 18.5. The third-order valence-corrected chi connectivity index (χ3v) is 7.31. The molecule has 10 nitrogen and oxygen atoms in total. The molecule has 1 amide bonds. The van der Waals surface area contributed by atoms with Crippen molar-refractivity contribution in [1.29, 1.82) is 0 Å². The van der Waals surface area contributed by atoms with Gasteiger partial charge in [0.05, 0.1) is 16.9 Å². The molecule has 1 aromatic heterocycles. The van der Waals surface area contributed by atoms with Crippen LogP contribution in [0.25, 0.3) is 0 Å². The van der Waals surface area contributed by atoms with Crippen molar-refractivity contribution in [2.45, 2.75) is 33.6 Å². The smallest absolute Gasteiger partial charge is 0.298 e. The second kappa shape index (κ2) is 10.9. The monoisotopic (exact) mass is 555 g/mol. The first-order valence-corrected chi connectivity index (χ1v) is 13.7. The number of pyridine rings is 1. The van der Waals surface area contributed by atoms with Crippen LogP contribution in [0.1, 0.15) is 40.4 Å². The summed E-state index contributed by atoms with van der Waals surface area (Å²) in [5.74, 6) is -0.842. The first-order valence-electron chi connectivity index (χ1n) is 12.2. The molecular formula is C27H30FN5O5S. The van der Waals surface area contributed by atoms with Gasteiger partial charge in [0.2, 0.25) is 0 Å². The third-order valence-electron chi connectivity index (χ3n) is 6.29. The number of benzene rings is 2. The fourth-order valence-electron chi connectivity index (χ4n) is 3.96. The fraction of sp³-hybridized carbons (Fsp3) is 0.259. The molecule has 1 aliphatic rings. The zero-order valence-corrected chi connectivity index (χ0v) is 23.0. The number of hydrogen-bond acceptors (Lipinski definition) is 6. The zero-order valence-electron chi connectivity index (χ0n) is 22.2. The van der Waals surface area contributed by atoms with Gasteiger partial charge >= 0.3 is 0 Å². The van der Waals surface area contributed by atoms with Gasteiger partial charge in [-0.25, -0.2) is 9.11 Å². The van der Waals surface area contributed by atoms with Crippen molar-refractivity contribution in [2.75, 3.05) is 17.1 Å². The van der Waals surface area contributed by atoms with E-state index in [-0.39, 0.29) is 46.2 Å². The van der Waals surface area contributed by atoms with Crippen molar-refractivity contribution >= 4 is 33.3 Å². The van der Waals surface area contributed by atoms with E-state index in [0.717, 1.165) is 0 Å². The SMILES string of the molecule is CCc1c(Oc2cccc(NS(=O)(=O)NC)c2C)c(C(=O)NC2=CC2)c(Nc2ccc(C)cc2F)n(C)c1=O. The fourth-order valence-corrected chi connectivity index (χ4v) is 4.57. The highest BCUT2D eigenvalue weighted by Crippen LogP contribution is 2.37. The van der Waals surface area contributed by atoms with Crippen molar-refractivity contribution in [2.24, 2.45) is 7.05 Å². The second-order valence-electron chi connectivity index (χ2n) is 9.09. The summed E-state index contributed by atoms with van der Waals surface area (Å²) in [7, 11) is -1.05. The molecule has 0 bridgehead atoms. The number of halogens is 1. The summed E-state index contributed by atoms with van der Waals surface area (Å²) in [6.45, 7) is 5.15. The van der Waals surface area contributed by atoms with E-state index < -0.39 is 27.5 Å². The number of hydrogen-bond donors (Lipinski definition) is 4. The molecule has 4 rings (SSSR count). The lowest BCUT2D eigenvalue weighted by Crippen LogP contribution is -2.30. The Morgan fingerprint density at radius 2 is 1.87 bits per heavy atom. The topological polar surface area (TPSA) is 131 Å². The van der Waals surface area contributed by atoms with Gasteiger partial charge < -0.3 is 15.4 Å². The van der Waals surface area contributed by atoms with Crippen LogP contribution >= 0.6 is 0 Å². The number of ether oxygens (including phenoxy) is 1. The van der Waals surface area contributed by atoms with E-state index >= 15 is 0 Å². The molecule has 0 saturated heterocycles. The predicted octanol–water partition coefficient (Wildman–Crippen LogP) is 4.13. The van der Waals surface area contributed by atoms with E-state index in [2.05, 4.69) is 20.1 Å². The van der Waals surface area contributed by atoms with Gasteiger partial charge in [0.15, 0.2) is 5.75 Å². The molecule has 3 aromatic rings.